The Morgan fingerprint density at radius 2 is 1.01 bits per heavy atom. The van der Waals surface area contributed by atoms with Gasteiger partial charge in [-0.1, -0.05) is 138 Å². The van der Waals surface area contributed by atoms with E-state index in [2.05, 4.69) is 202 Å². The Morgan fingerprint density at radius 1 is 0.478 bits per heavy atom. The molecule has 0 bridgehead atoms. The average molecular weight is 901 g/mol. The molecule has 6 heteroatoms. The van der Waals surface area contributed by atoms with Crippen molar-refractivity contribution in [1.82, 2.24) is 0 Å². The van der Waals surface area contributed by atoms with Crippen LogP contribution >= 0.6 is 22.7 Å². The first-order chi connectivity index (χ1) is 32.7. The van der Waals surface area contributed by atoms with Crippen LogP contribution in [0.4, 0.5) is 28.4 Å². The van der Waals surface area contributed by atoms with Gasteiger partial charge in [-0.05, 0) is 94.6 Å². The summed E-state index contributed by atoms with van der Waals surface area (Å²) in [6, 6.07) is 58.0. The second-order valence-corrected chi connectivity index (χ2v) is 22.1. The lowest BCUT2D eigenvalue weighted by Gasteiger charge is -2.46. The molecule has 1 unspecified atom stereocenters. The van der Waals surface area contributed by atoms with E-state index in [1.807, 2.05) is 22.7 Å². The summed E-state index contributed by atoms with van der Waals surface area (Å²) in [5.74, 6) is 0.311. The van der Waals surface area contributed by atoms with E-state index >= 15 is 0 Å². The molecule has 0 saturated carbocycles. The molecule has 8 aromatic carbocycles. The number of hydrogen-bond acceptors (Lipinski definition) is 6. The van der Waals surface area contributed by atoms with Crippen molar-refractivity contribution in [2.75, 3.05) is 9.80 Å². The number of furan rings is 2. The van der Waals surface area contributed by atoms with E-state index < -0.39 is 0 Å². The van der Waals surface area contributed by atoms with E-state index in [-0.39, 0.29) is 10.8 Å². The molecule has 12 aromatic rings. The van der Waals surface area contributed by atoms with Crippen LogP contribution < -0.4 is 9.80 Å². The number of fused-ring (bicyclic) bond motifs is 17. The van der Waals surface area contributed by atoms with Crippen molar-refractivity contribution in [3.05, 3.63) is 191 Å². The van der Waals surface area contributed by atoms with E-state index in [0.29, 0.717) is 5.92 Å². The van der Waals surface area contributed by atoms with Crippen molar-refractivity contribution in [1.29, 1.82) is 0 Å². The van der Waals surface area contributed by atoms with E-state index in [1.54, 1.807) is 0 Å². The standard InChI is InChI=1S/C61H44N2O2S2/c1-33-30-48-55(61(4,5)42-21-9-11-23-44(42)63(48)47-25-15-19-37-35-17-7-13-27-50(35)65-57(37)47)59-53(33)40-32-51-39(31-52(40)67-59)38-28-29-45-54(58(38)66-51)60(2,3)41-20-8-10-22-43(41)62(45)46-24-14-18-36-34-16-6-12-26-49(34)64-56(36)46/h6-29,31-33H,30H2,1-5H3. The lowest BCUT2D eigenvalue weighted by atomic mass is 9.68. The van der Waals surface area contributed by atoms with Crippen molar-refractivity contribution in [2.45, 2.75) is 57.8 Å². The largest absolute Gasteiger partial charge is 0.454 e. The maximum atomic E-state index is 6.75. The highest BCUT2D eigenvalue weighted by molar-refractivity contribution is 7.26. The van der Waals surface area contributed by atoms with Gasteiger partial charge in [0, 0.05) is 73.4 Å². The highest BCUT2D eigenvalue weighted by Gasteiger charge is 2.45. The van der Waals surface area contributed by atoms with E-state index in [1.165, 1.54) is 85.7 Å². The maximum Gasteiger partial charge on any atom is 0.159 e. The number of nitrogens with zero attached hydrogens (tertiary/aromatic N) is 2. The minimum atomic E-state index is -0.250. The quantitative estimate of drug-likeness (QED) is 0.173. The summed E-state index contributed by atoms with van der Waals surface area (Å²) in [5, 5.41) is 8.65. The van der Waals surface area contributed by atoms with Gasteiger partial charge in [-0.3, -0.25) is 0 Å². The molecule has 67 heavy (non-hydrogen) atoms. The van der Waals surface area contributed by atoms with Gasteiger partial charge in [0.25, 0.3) is 0 Å². The molecule has 4 nitrogen and oxygen atoms in total. The molecule has 0 amide bonds. The Balaban J connectivity index is 0.942. The van der Waals surface area contributed by atoms with E-state index in [0.717, 1.165) is 61.7 Å². The van der Waals surface area contributed by atoms with Gasteiger partial charge in [-0.2, -0.15) is 0 Å². The van der Waals surface area contributed by atoms with Crippen LogP contribution in [-0.2, 0) is 10.8 Å². The maximum absolute atomic E-state index is 6.75. The topological polar surface area (TPSA) is 32.8 Å². The number of benzene rings is 8. The molecular weight excluding hydrogens is 857 g/mol. The zero-order valence-electron chi connectivity index (χ0n) is 37.8. The molecule has 0 N–H and O–H groups in total. The Bertz CT molecular complexity index is 4190. The van der Waals surface area contributed by atoms with Gasteiger partial charge in [-0.25, -0.2) is 0 Å². The third kappa shape index (κ3) is 4.87. The second-order valence-electron chi connectivity index (χ2n) is 20.0. The van der Waals surface area contributed by atoms with Crippen molar-refractivity contribution in [2.24, 2.45) is 0 Å². The summed E-state index contributed by atoms with van der Waals surface area (Å²) >= 11 is 3.96. The van der Waals surface area contributed by atoms with Gasteiger partial charge in [0.05, 0.1) is 28.4 Å². The van der Waals surface area contributed by atoms with Gasteiger partial charge >= 0.3 is 0 Å². The smallest absolute Gasteiger partial charge is 0.159 e. The molecule has 0 spiro atoms. The Labute approximate surface area is 395 Å². The third-order valence-electron chi connectivity index (χ3n) is 15.6. The van der Waals surface area contributed by atoms with Crippen molar-refractivity contribution in [3.8, 4) is 0 Å². The predicted molar refractivity (Wildman–Crippen MR) is 284 cm³/mol. The predicted octanol–water partition coefficient (Wildman–Crippen LogP) is 18.5. The van der Waals surface area contributed by atoms with E-state index in [4.69, 9.17) is 8.83 Å². The fourth-order valence-corrected chi connectivity index (χ4v) is 15.7. The molecule has 1 atom stereocenters. The summed E-state index contributed by atoms with van der Waals surface area (Å²) in [6.07, 6.45) is 0.932. The van der Waals surface area contributed by atoms with Gasteiger partial charge in [0.15, 0.2) is 11.2 Å². The molecule has 0 radical (unpaired) electrons. The lowest BCUT2D eigenvalue weighted by Crippen LogP contribution is -2.36. The minimum absolute atomic E-state index is 0.219. The first-order valence-corrected chi connectivity index (χ1v) is 25.1. The molecule has 0 saturated heterocycles. The molecule has 15 rings (SSSR count). The summed E-state index contributed by atoms with van der Waals surface area (Å²) < 4.78 is 17.5. The SMILES string of the molecule is CC1CC2=C(c3sc4cc5c(cc4c31)sc1c3c(ccc15)N(c1cccc4c1oc1ccccc14)c1ccccc1C3(C)C)C(C)(C)c1ccccc1N2c1cccc2c1oc1ccccc12. The van der Waals surface area contributed by atoms with Crippen LogP contribution in [0.3, 0.4) is 0 Å². The molecule has 1 aliphatic carbocycles. The normalized spacial score (nSPS) is 17.2. The van der Waals surface area contributed by atoms with Crippen LogP contribution in [0.2, 0.25) is 0 Å². The number of para-hydroxylation sites is 6. The number of allylic oxidation sites excluding steroid dienone is 2. The molecule has 322 valence electrons. The summed E-state index contributed by atoms with van der Waals surface area (Å²) in [7, 11) is 0. The van der Waals surface area contributed by atoms with Crippen LogP contribution in [0.5, 0.6) is 0 Å². The molecular formula is C61H44N2O2S2. The van der Waals surface area contributed by atoms with Crippen LogP contribution in [0, 0.1) is 0 Å². The monoisotopic (exact) mass is 900 g/mol. The van der Waals surface area contributed by atoms with Crippen molar-refractivity contribution in [3.63, 3.8) is 0 Å². The van der Waals surface area contributed by atoms with Crippen molar-refractivity contribution >= 4 is 131 Å². The Kier molecular flexibility index (Phi) is 7.42. The number of rotatable bonds is 2. The third-order valence-corrected chi connectivity index (χ3v) is 18.0. The summed E-state index contributed by atoms with van der Waals surface area (Å²) in [4.78, 5) is 6.45. The fraction of sp³-hybridized carbons (Fsp3) is 0.148. The Morgan fingerprint density at radius 3 is 1.70 bits per heavy atom. The van der Waals surface area contributed by atoms with Gasteiger partial charge < -0.3 is 18.6 Å². The average Bonchev–Trinajstić information content (AvgIpc) is 4.11. The molecule has 3 aliphatic rings. The van der Waals surface area contributed by atoms with Gasteiger partial charge in [0.1, 0.15) is 11.2 Å². The molecule has 6 heterocycles. The highest BCUT2D eigenvalue weighted by Crippen LogP contribution is 2.62. The number of thiophene rings is 2. The zero-order valence-corrected chi connectivity index (χ0v) is 39.5. The highest BCUT2D eigenvalue weighted by atomic mass is 32.1. The van der Waals surface area contributed by atoms with Gasteiger partial charge in [0.2, 0.25) is 0 Å². The van der Waals surface area contributed by atoms with Gasteiger partial charge in [-0.15, -0.1) is 22.7 Å². The number of anilines is 5. The van der Waals surface area contributed by atoms with Crippen molar-refractivity contribution < 1.29 is 8.83 Å². The summed E-state index contributed by atoms with van der Waals surface area (Å²) in [5.41, 5.74) is 17.4. The first-order valence-electron chi connectivity index (χ1n) is 23.5. The van der Waals surface area contributed by atoms with Crippen LogP contribution in [0.25, 0.3) is 79.7 Å². The Hall–Kier alpha value is -7.12. The van der Waals surface area contributed by atoms with E-state index in [9.17, 15) is 0 Å². The molecule has 0 fully saturated rings. The van der Waals surface area contributed by atoms with Crippen LogP contribution in [0.15, 0.2) is 172 Å². The first kappa shape index (κ1) is 38.0. The number of hydrogen-bond donors (Lipinski definition) is 0. The lowest BCUT2D eigenvalue weighted by molar-refractivity contribution is 0.633. The minimum Gasteiger partial charge on any atom is -0.454 e. The molecule has 4 aromatic heterocycles. The zero-order chi connectivity index (χ0) is 44.7. The summed E-state index contributed by atoms with van der Waals surface area (Å²) in [6.45, 7) is 12.2. The van der Waals surface area contributed by atoms with Crippen LogP contribution in [-0.4, -0.2) is 0 Å². The van der Waals surface area contributed by atoms with Crippen LogP contribution in [0.1, 0.15) is 74.1 Å². The fourth-order valence-electron chi connectivity index (χ4n) is 12.7. The molecule has 2 aliphatic heterocycles. The second kappa shape index (κ2) is 13.1.